The van der Waals surface area contributed by atoms with E-state index in [2.05, 4.69) is 15.4 Å². The van der Waals surface area contributed by atoms with Gasteiger partial charge in [-0.1, -0.05) is 28.5 Å². The van der Waals surface area contributed by atoms with Crippen LogP contribution in [0.15, 0.2) is 40.0 Å². The minimum atomic E-state index is -0.352. The molecule has 0 bridgehead atoms. The monoisotopic (exact) mass is 392 g/mol. The third-order valence-corrected chi connectivity index (χ3v) is 4.70. The summed E-state index contributed by atoms with van der Waals surface area (Å²) in [5, 5.41) is 13.5. The van der Waals surface area contributed by atoms with Gasteiger partial charge in [0.25, 0.3) is 0 Å². The van der Waals surface area contributed by atoms with E-state index in [0.717, 1.165) is 11.4 Å². The number of aromatic nitrogens is 4. The highest BCUT2D eigenvalue weighted by molar-refractivity contribution is 7.99. The number of rotatable bonds is 7. The lowest BCUT2D eigenvalue weighted by Gasteiger charge is -2.07. The average Bonchev–Trinajstić information content (AvgIpc) is 3.24. The maximum atomic E-state index is 11.9. The van der Waals surface area contributed by atoms with Gasteiger partial charge in [0.1, 0.15) is 18.1 Å². The molecule has 0 fully saturated rings. The Morgan fingerprint density at radius 1 is 1.31 bits per heavy atom. The highest BCUT2D eigenvalue weighted by Gasteiger charge is 2.15. The Morgan fingerprint density at radius 2 is 2.08 bits per heavy atom. The summed E-state index contributed by atoms with van der Waals surface area (Å²) >= 11 is 7.21. The maximum Gasteiger partial charge on any atom is 0.316 e. The predicted octanol–water partition coefficient (Wildman–Crippen LogP) is 3.75. The lowest BCUT2D eigenvalue weighted by atomic mass is 10.2. The largest absolute Gasteiger partial charge is 0.458 e. The van der Waals surface area contributed by atoms with Crippen molar-refractivity contribution in [3.8, 4) is 11.4 Å². The van der Waals surface area contributed by atoms with Crippen LogP contribution in [0.4, 0.5) is 0 Å². The Balaban J connectivity index is 1.61. The Hall–Kier alpha value is -2.32. The summed E-state index contributed by atoms with van der Waals surface area (Å²) in [5.41, 5.74) is 1.50. The van der Waals surface area contributed by atoms with Gasteiger partial charge in [-0.15, -0.1) is 10.2 Å². The number of ether oxygens (including phenoxy) is 1. The van der Waals surface area contributed by atoms with E-state index >= 15 is 0 Å². The first kappa shape index (κ1) is 18.5. The van der Waals surface area contributed by atoms with Crippen LogP contribution in [0.5, 0.6) is 0 Å². The molecular formula is C17H17ClN4O3S. The molecule has 7 nitrogen and oxygen atoms in total. The summed E-state index contributed by atoms with van der Waals surface area (Å²) < 4.78 is 12.1. The number of thioether (sulfide) groups is 1. The van der Waals surface area contributed by atoms with Crippen molar-refractivity contribution in [2.45, 2.75) is 32.2 Å². The quantitative estimate of drug-likeness (QED) is 0.447. The van der Waals surface area contributed by atoms with E-state index in [4.69, 9.17) is 20.9 Å². The zero-order valence-corrected chi connectivity index (χ0v) is 15.9. The molecule has 136 valence electrons. The molecule has 3 aromatic rings. The van der Waals surface area contributed by atoms with Crippen LogP contribution in [0, 0.1) is 6.92 Å². The second-order valence-corrected chi connectivity index (χ2v) is 6.81. The number of hydrogen-bond acceptors (Lipinski definition) is 7. The maximum absolute atomic E-state index is 11.9. The minimum absolute atomic E-state index is 0.0905. The molecule has 0 radical (unpaired) electrons. The number of hydrogen-bond donors (Lipinski definition) is 0. The molecule has 0 unspecified atom stereocenters. The standard InChI is InChI=1S/C17H17ClN4O3S/c1-3-22-16(12-4-6-13(18)7-5-12)19-20-17(22)26-10-15(23)24-9-14-8-11(2)25-21-14/h4-8H,3,9-10H2,1-2H3. The summed E-state index contributed by atoms with van der Waals surface area (Å²) in [6.07, 6.45) is 0. The van der Waals surface area contributed by atoms with Gasteiger partial charge in [-0.2, -0.15) is 0 Å². The van der Waals surface area contributed by atoms with E-state index < -0.39 is 0 Å². The third-order valence-electron chi connectivity index (χ3n) is 3.51. The van der Waals surface area contributed by atoms with E-state index in [1.165, 1.54) is 11.8 Å². The molecule has 0 aliphatic carbocycles. The zero-order valence-electron chi connectivity index (χ0n) is 14.3. The van der Waals surface area contributed by atoms with Crippen LogP contribution in [-0.4, -0.2) is 31.6 Å². The number of carbonyl (C=O) groups is 1. The first-order valence-corrected chi connectivity index (χ1v) is 9.33. The summed E-state index contributed by atoms with van der Waals surface area (Å²) in [6, 6.07) is 9.12. The van der Waals surface area contributed by atoms with Crippen molar-refractivity contribution in [3.63, 3.8) is 0 Å². The van der Waals surface area contributed by atoms with Crippen molar-refractivity contribution >= 4 is 29.3 Å². The van der Waals surface area contributed by atoms with Gasteiger partial charge in [0.2, 0.25) is 0 Å². The molecule has 0 atom stereocenters. The highest BCUT2D eigenvalue weighted by atomic mass is 35.5. The fourth-order valence-electron chi connectivity index (χ4n) is 2.30. The van der Waals surface area contributed by atoms with Crippen molar-refractivity contribution in [2.24, 2.45) is 0 Å². The smallest absolute Gasteiger partial charge is 0.316 e. The van der Waals surface area contributed by atoms with E-state index in [9.17, 15) is 4.79 Å². The first-order chi connectivity index (χ1) is 12.6. The molecule has 9 heteroatoms. The van der Waals surface area contributed by atoms with E-state index in [0.29, 0.717) is 28.2 Å². The molecule has 1 aromatic carbocycles. The number of nitrogens with zero attached hydrogens (tertiary/aromatic N) is 4. The van der Waals surface area contributed by atoms with Crippen LogP contribution in [0.2, 0.25) is 5.02 Å². The summed E-state index contributed by atoms with van der Waals surface area (Å²) in [7, 11) is 0. The molecule has 2 heterocycles. The van der Waals surface area contributed by atoms with Crippen molar-refractivity contribution in [2.75, 3.05) is 5.75 Å². The Morgan fingerprint density at radius 3 is 2.73 bits per heavy atom. The van der Waals surface area contributed by atoms with Gasteiger partial charge in [0.05, 0.1) is 5.75 Å². The Bertz CT molecular complexity index is 892. The molecule has 2 aromatic heterocycles. The first-order valence-electron chi connectivity index (χ1n) is 7.96. The molecule has 3 rings (SSSR count). The molecule has 0 aliphatic heterocycles. The molecule has 26 heavy (non-hydrogen) atoms. The summed E-state index contributed by atoms with van der Waals surface area (Å²) in [5.74, 6) is 1.19. The van der Waals surface area contributed by atoms with Gasteiger partial charge >= 0.3 is 5.97 Å². The minimum Gasteiger partial charge on any atom is -0.458 e. The SMILES string of the molecule is CCn1c(SCC(=O)OCc2cc(C)on2)nnc1-c1ccc(Cl)cc1. The van der Waals surface area contributed by atoms with E-state index in [1.807, 2.05) is 23.6 Å². The predicted molar refractivity (Wildman–Crippen MR) is 97.9 cm³/mol. The van der Waals surface area contributed by atoms with Crippen LogP contribution in [-0.2, 0) is 22.7 Å². The Kier molecular flexibility index (Phi) is 5.95. The fourth-order valence-corrected chi connectivity index (χ4v) is 3.22. The van der Waals surface area contributed by atoms with Gasteiger partial charge in [-0.25, -0.2) is 0 Å². The number of halogens is 1. The fraction of sp³-hybridized carbons (Fsp3) is 0.294. The average molecular weight is 393 g/mol. The van der Waals surface area contributed by atoms with Crippen molar-refractivity contribution in [3.05, 3.63) is 46.8 Å². The molecule has 0 spiro atoms. The van der Waals surface area contributed by atoms with Crippen molar-refractivity contribution in [1.82, 2.24) is 19.9 Å². The normalized spacial score (nSPS) is 10.9. The van der Waals surface area contributed by atoms with Gasteiger partial charge < -0.3 is 13.8 Å². The van der Waals surface area contributed by atoms with Crippen LogP contribution in [0.3, 0.4) is 0 Å². The third kappa shape index (κ3) is 4.44. The second-order valence-electron chi connectivity index (χ2n) is 5.44. The Labute approximate surface area is 159 Å². The number of esters is 1. The van der Waals surface area contributed by atoms with Gasteiger partial charge in [0.15, 0.2) is 11.0 Å². The molecule has 0 amide bonds. The number of carbonyl (C=O) groups excluding carboxylic acids is 1. The highest BCUT2D eigenvalue weighted by Crippen LogP contribution is 2.25. The topological polar surface area (TPSA) is 83.0 Å². The van der Waals surface area contributed by atoms with E-state index in [1.54, 1.807) is 25.1 Å². The lowest BCUT2D eigenvalue weighted by molar-refractivity contribution is -0.141. The van der Waals surface area contributed by atoms with Gasteiger partial charge in [-0.3, -0.25) is 4.79 Å². The number of benzene rings is 1. The van der Waals surface area contributed by atoms with Crippen LogP contribution < -0.4 is 0 Å². The summed E-state index contributed by atoms with van der Waals surface area (Å²) in [4.78, 5) is 11.9. The molecule has 0 saturated carbocycles. The van der Waals surface area contributed by atoms with E-state index in [-0.39, 0.29) is 18.3 Å². The van der Waals surface area contributed by atoms with Crippen LogP contribution >= 0.6 is 23.4 Å². The summed E-state index contributed by atoms with van der Waals surface area (Å²) in [6.45, 7) is 4.55. The van der Waals surface area contributed by atoms with Gasteiger partial charge in [-0.05, 0) is 38.1 Å². The number of aryl methyl sites for hydroxylation is 1. The lowest BCUT2D eigenvalue weighted by Crippen LogP contribution is -2.08. The van der Waals surface area contributed by atoms with Gasteiger partial charge in [0, 0.05) is 23.2 Å². The molecule has 0 N–H and O–H groups in total. The molecule has 0 saturated heterocycles. The van der Waals surface area contributed by atoms with Crippen molar-refractivity contribution in [1.29, 1.82) is 0 Å². The second kappa shape index (κ2) is 8.37. The van der Waals surface area contributed by atoms with Crippen LogP contribution in [0.25, 0.3) is 11.4 Å². The zero-order chi connectivity index (χ0) is 18.5. The molecular weight excluding hydrogens is 376 g/mol. The van der Waals surface area contributed by atoms with Crippen molar-refractivity contribution < 1.29 is 14.1 Å². The molecule has 0 aliphatic rings. The van der Waals surface area contributed by atoms with Crippen LogP contribution in [0.1, 0.15) is 18.4 Å².